The van der Waals surface area contributed by atoms with Gasteiger partial charge in [0.1, 0.15) is 11.5 Å². The van der Waals surface area contributed by atoms with E-state index >= 15 is 0 Å². The van der Waals surface area contributed by atoms with Crippen LogP contribution in [0.2, 0.25) is 0 Å². The van der Waals surface area contributed by atoms with Gasteiger partial charge in [0.05, 0.1) is 28.7 Å². The van der Waals surface area contributed by atoms with E-state index in [1.165, 1.54) is 0 Å². The maximum absolute atomic E-state index is 13.4. The monoisotopic (exact) mass is 394 g/mol. The Bertz CT molecular complexity index is 1050. The third-order valence-electron chi connectivity index (χ3n) is 5.44. The summed E-state index contributed by atoms with van der Waals surface area (Å²) in [5.74, 6) is 0.287. The second-order valence-electron chi connectivity index (χ2n) is 7.87. The predicted octanol–water partition coefficient (Wildman–Crippen LogP) is 4.05. The van der Waals surface area contributed by atoms with Crippen LogP contribution in [0.15, 0.2) is 24.3 Å². The number of hydrogen-bond donors (Lipinski definition) is 2. The van der Waals surface area contributed by atoms with Crippen molar-refractivity contribution >= 4 is 22.9 Å². The van der Waals surface area contributed by atoms with Gasteiger partial charge in [-0.25, -0.2) is 9.78 Å². The van der Waals surface area contributed by atoms with Crippen molar-refractivity contribution < 1.29 is 14.3 Å². The van der Waals surface area contributed by atoms with Crippen molar-refractivity contribution in [2.24, 2.45) is 0 Å². The summed E-state index contributed by atoms with van der Waals surface area (Å²) >= 11 is 0. The third kappa shape index (κ3) is 3.41. The molecule has 0 bridgehead atoms. The van der Waals surface area contributed by atoms with Gasteiger partial charge in [-0.2, -0.15) is 0 Å². The second kappa shape index (κ2) is 7.39. The molecule has 1 aliphatic heterocycles. The molecule has 7 nitrogen and oxygen atoms in total. The smallest absolute Gasteiger partial charge is 0.340 e. The van der Waals surface area contributed by atoms with E-state index in [4.69, 9.17) is 9.72 Å². The number of fused-ring (bicyclic) bond motifs is 1. The molecule has 2 aromatic heterocycles. The SMILES string of the molecule is Cc1[nH]c(C(=O)N2CCC[C@H]2c2nc3ccccc3[nH]2)c(C)c1C(=O)OC(C)C. The van der Waals surface area contributed by atoms with Crippen LogP contribution in [-0.2, 0) is 4.74 Å². The van der Waals surface area contributed by atoms with Crippen LogP contribution in [0.5, 0.6) is 0 Å². The Balaban J connectivity index is 1.64. The average Bonchev–Trinajstić information content (AvgIpc) is 3.36. The molecule has 0 radical (unpaired) electrons. The molecule has 3 heterocycles. The van der Waals surface area contributed by atoms with Crippen LogP contribution in [0.4, 0.5) is 0 Å². The number of nitrogens with zero attached hydrogens (tertiary/aromatic N) is 2. The molecule has 4 rings (SSSR count). The topological polar surface area (TPSA) is 91.1 Å². The van der Waals surface area contributed by atoms with Crippen molar-refractivity contribution in [3.63, 3.8) is 0 Å². The van der Waals surface area contributed by atoms with Gasteiger partial charge in [-0.05, 0) is 58.2 Å². The Morgan fingerprint density at radius 1 is 1.21 bits per heavy atom. The number of carbonyl (C=O) groups excluding carboxylic acids is 2. The minimum absolute atomic E-state index is 0.107. The Morgan fingerprint density at radius 2 is 1.97 bits per heavy atom. The average molecular weight is 394 g/mol. The zero-order valence-corrected chi connectivity index (χ0v) is 17.2. The van der Waals surface area contributed by atoms with Crippen LogP contribution in [-0.4, -0.2) is 44.4 Å². The molecule has 1 saturated heterocycles. The maximum atomic E-state index is 13.4. The van der Waals surface area contributed by atoms with Gasteiger partial charge in [0, 0.05) is 12.2 Å². The number of carbonyl (C=O) groups is 2. The third-order valence-corrected chi connectivity index (χ3v) is 5.44. The van der Waals surface area contributed by atoms with Crippen molar-refractivity contribution in [3.8, 4) is 0 Å². The number of hydrogen-bond acceptors (Lipinski definition) is 4. The number of imidazole rings is 1. The Kier molecular flexibility index (Phi) is 4.90. The summed E-state index contributed by atoms with van der Waals surface area (Å²) in [6.45, 7) is 7.86. The number of likely N-dealkylation sites (tertiary alicyclic amines) is 1. The quantitative estimate of drug-likeness (QED) is 0.653. The fraction of sp³-hybridized carbons (Fsp3) is 0.409. The van der Waals surface area contributed by atoms with E-state index in [1.54, 1.807) is 13.8 Å². The number of rotatable bonds is 4. The first kappa shape index (κ1) is 19.2. The molecule has 1 aliphatic rings. The van der Waals surface area contributed by atoms with Crippen molar-refractivity contribution in [1.29, 1.82) is 0 Å². The molecule has 29 heavy (non-hydrogen) atoms. The minimum Gasteiger partial charge on any atom is -0.459 e. The van der Waals surface area contributed by atoms with Crippen LogP contribution in [0.25, 0.3) is 11.0 Å². The Hall–Kier alpha value is -3.09. The fourth-order valence-electron chi connectivity index (χ4n) is 4.11. The molecule has 1 atom stereocenters. The van der Waals surface area contributed by atoms with E-state index in [9.17, 15) is 9.59 Å². The summed E-state index contributed by atoms with van der Waals surface area (Å²) < 4.78 is 5.34. The van der Waals surface area contributed by atoms with Crippen molar-refractivity contribution in [2.75, 3.05) is 6.54 Å². The Labute approximate surface area is 169 Å². The highest BCUT2D eigenvalue weighted by atomic mass is 16.5. The van der Waals surface area contributed by atoms with Gasteiger partial charge in [-0.3, -0.25) is 4.79 Å². The summed E-state index contributed by atoms with van der Waals surface area (Å²) in [6, 6.07) is 7.75. The molecule has 0 saturated carbocycles. The van der Waals surface area contributed by atoms with E-state index in [-0.39, 0.29) is 18.1 Å². The van der Waals surface area contributed by atoms with Gasteiger partial charge in [0.2, 0.25) is 0 Å². The lowest BCUT2D eigenvalue weighted by Crippen LogP contribution is -2.31. The number of aromatic nitrogens is 3. The van der Waals surface area contributed by atoms with Crippen LogP contribution < -0.4 is 0 Å². The van der Waals surface area contributed by atoms with Gasteiger partial charge in [0.15, 0.2) is 0 Å². The van der Waals surface area contributed by atoms with Crippen molar-refractivity contribution in [3.05, 3.63) is 52.6 Å². The highest BCUT2D eigenvalue weighted by Gasteiger charge is 2.35. The first-order valence-electron chi connectivity index (χ1n) is 10.0. The lowest BCUT2D eigenvalue weighted by Gasteiger charge is -2.23. The van der Waals surface area contributed by atoms with E-state index in [0.717, 1.165) is 29.7 Å². The molecular weight excluding hydrogens is 368 g/mol. The maximum Gasteiger partial charge on any atom is 0.340 e. The standard InChI is InChI=1S/C22H26N4O3/c1-12(2)29-22(28)18-13(3)19(23-14(18)4)21(27)26-11-7-10-17(26)20-24-15-8-5-6-9-16(15)25-20/h5-6,8-9,12,17,23H,7,10-11H2,1-4H3,(H,24,25)/t17-/m0/s1. The highest BCUT2D eigenvalue weighted by Crippen LogP contribution is 2.33. The largest absolute Gasteiger partial charge is 0.459 e. The lowest BCUT2D eigenvalue weighted by atomic mass is 10.1. The molecule has 7 heteroatoms. The van der Waals surface area contributed by atoms with E-state index in [1.807, 2.05) is 43.0 Å². The lowest BCUT2D eigenvalue weighted by molar-refractivity contribution is 0.0376. The molecule has 2 N–H and O–H groups in total. The van der Waals surface area contributed by atoms with E-state index in [2.05, 4.69) is 9.97 Å². The molecule has 3 aromatic rings. The van der Waals surface area contributed by atoms with Crippen molar-refractivity contribution in [2.45, 2.75) is 52.7 Å². The molecule has 1 aromatic carbocycles. The molecule has 1 amide bonds. The number of ether oxygens (including phenoxy) is 1. The van der Waals surface area contributed by atoms with Gasteiger partial charge in [-0.15, -0.1) is 0 Å². The van der Waals surface area contributed by atoms with E-state index in [0.29, 0.717) is 29.1 Å². The number of aromatic amines is 2. The van der Waals surface area contributed by atoms with Gasteiger partial charge in [-0.1, -0.05) is 12.1 Å². The summed E-state index contributed by atoms with van der Waals surface area (Å²) in [5, 5.41) is 0. The normalized spacial score (nSPS) is 16.7. The van der Waals surface area contributed by atoms with Crippen LogP contribution in [0, 0.1) is 13.8 Å². The predicted molar refractivity (Wildman–Crippen MR) is 110 cm³/mol. The number of aryl methyl sites for hydroxylation is 1. The van der Waals surface area contributed by atoms with Gasteiger partial charge in [0.25, 0.3) is 5.91 Å². The fourth-order valence-corrected chi connectivity index (χ4v) is 4.11. The van der Waals surface area contributed by atoms with Crippen LogP contribution in [0.1, 0.15) is 70.7 Å². The van der Waals surface area contributed by atoms with Gasteiger partial charge >= 0.3 is 5.97 Å². The van der Waals surface area contributed by atoms with Gasteiger partial charge < -0.3 is 19.6 Å². The molecule has 152 valence electrons. The van der Waals surface area contributed by atoms with Crippen LogP contribution >= 0.6 is 0 Å². The van der Waals surface area contributed by atoms with Crippen LogP contribution in [0.3, 0.4) is 0 Å². The molecular formula is C22H26N4O3. The zero-order valence-electron chi connectivity index (χ0n) is 17.2. The molecule has 0 spiro atoms. The number of nitrogens with one attached hydrogen (secondary N) is 2. The minimum atomic E-state index is -0.402. The molecule has 0 aliphatic carbocycles. The number of para-hydroxylation sites is 2. The Morgan fingerprint density at radius 3 is 2.69 bits per heavy atom. The first-order valence-corrected chi connectivity index (χ1v) is 10.0. The van der Waals surface area contributed by atoms with E-state index < -0.39 is 5.97 Å². The number of benzene rings is 1. The zero-order chi connectivity index (χ0) is 20.7. The molecule has 1 fully saturated rings. The number of esters is 1. The first-order chi connectivity index (χ1) is 13.9. The summed E-state index contributed by atoms with van der Waals surface area (Å²) in [4.78, 5) is 38.8. The highest BCUT2D eigenvalue weighted by molar-refractivity contribution is 6.00. The summed E-state index contributed by atoms with van der Waals surface area (Å²) in [7, 11) is 0. The summed E-state index contributed by atoms with van der Waals surface area (Å²) in [5.41, 5.74) is 4.03. The van der Waals surface area contributed by atoms with Crippen molar-refractivity contribution in [1.82, 2.24) is 19.9 Å². The second-order valence-corrected chi connectivity index (χ2v) is 7.87. The number of H-pyrrole nitrogens is 2. The molecule has 0 unspecified atom stereocenters. The number of amides is 1. The summed E-state index contributed by atoms with van der Waals surface area (Å²) in [6.07, 6.45) is 1.55.